The number of aryl methyl sites for hydroxylation is 1. The minimum absolute atomic E-state index is 0.00675. The summed E-state index contributed by atoms with van der Waals surface area (Å²) in [7, 11) is 0. The number of hydrogen-bond acceptors (Lipinski definition) is 2. The second-order valence-electron chi connectivity index (χ2n) is 5.18. The van der Waals surface area contributed by atoms with E-state index in [4.69, 9.17) is 5.11 Å². The topological polar surface area (TPSA) is 62.5 Å². The molecule has 1 N–H and O–H groups in total. The summed E-state index contributed by atoms with van der Waals surface area (Å²) >= 11 is 0. The molecular weight excluding hydrogens is 244 g/mol. The molecule has 0 saturated carbocycles. The molecular formula is C14H20N2O3. The smallest absolute Gasteiger partial charge is 0.306 e. The predicted octanol–water partition coefficient (Wildman–Crippen LogP) is 1.69. The van der Waals surface area contributed by atoms with Gasteiger partial charge in [-0.15, -0.1) is 0 Å². The van der Waals surface area contributed by atoms with Gasteiger partial charge in [0.1, 0.15) is 5.69 Å². The van der Waals surface area contributed by atoms with Crippen LogP contribution in [0.15, 0.2) is 18.3 Å². The molecule has 0 aliphatic carbocycles. The Morgan fingerprint density at radius 2 is 2.16 bits per heavy atom. The lowest BCUT2D eigenvalue weighted by Crippen LogP contribution is -2.53. The van der Waals surface area contributed by atoms with Gasteiger partial charge in [0.2, 0.25) is 0 Å². The van der Waals surface area contributed by atoms with Gasteiger partial charge in [-0.25, -0.2) is 0 Å². The highest BCUT2D eigenvalue weighted by Crippen LogP contribution is 2.25. The fraction of sp³-hybridized carbons (Fsp3) is 0.571. The van der Waals surface area contributed by atoms with Gasteiger partial charge in [-0.1, -0.05) is 13.8 Å². The molecule has 5 nitrogen and oxygen atoms in total. The van der Waals surface area contributed by atoms with Gasteiger partial charge in [0, 0.05) is 31.7 Å². The zero-order chi connectivity index (χ0) is 14.0. The van der Waals surface area contributed by atoms with E-state index in [0.29, 0.717) is 18.8 Å². The van der Waals surface area contributed by atoms with Crippen molar-refractivity contribution in [2.24, 2.45) is 11.8 Å². The van der Waals surface area contributed by atoms with Crippen LogP contribution in [0.1, 0.15) is 30.8 Å². The zero-order valence-electron chi connectivity index (χ0n) is 11.4. The van der Waals surface area contributed by atoms with Gasteiger partial charge in [-0.2, -0.15) is 0 Å². The maximum atomic E-state index is 12.3. The first kappa shape index (κ1) is 13.6. The fourth-order valence-electron chi connectivity index (χ4n) is 2.40. The van der Waals surface area contributed by atoms with Crippen molar-refractivity contribution in [3.05, 3.63) is 24.0 Å². The number of rotatable bonds is 5. The molecule has 1 aromatic rings. The van der Waals surface area contributed by atoms with E-state index in [2.05, 4.69) is 6.92 Å². The molecule has 1 aliphatic heterocycles. The number of carboxylic acid groups (broad SMARTS) is 1. The summed E-state index contributed by atoms with van der Waals surface area (Å²) in [4.78, 5) is 24.9. The maximum absolute atomic E-state index is 12.3. The third kappa shape index (κ3) is 2.64. The highest BCUT2D eigenvalue weighted by Gasteiger charge is 2.37. The minimum Gasteiger partial charge on any atom is -0.481 e. The number of carbonyl (C=O) groups is 2. The quantitative estimate of drug-likeness (QED) is 0.880. The van der Waals surface area contributed by atoms with Gasteiger partial charge in [0.25, 0.3) is 5.91 Å². The Labute approximate surface area is 112 Å². The monoisotopic (exact) mass is 264 g/mol. The van der Waals surface area contributed by atoms with E-state index >= 15 is 0 Å². The molecule has 1 unspecified atom stereocenters. The summed E-state index contributed by atoms with van der Waals surface area (Å²) < 4.78 is 1.95. The van der Waals surface area contributed by atoms with Crippen molar-refractivity contribution in [2.45, 2.75) is 26.8 Å². The standard InChI is InChI=1S/C14H20N2O3/c1-3-6-15-7-4-5-12(15)13(17)16-8-11(9-16)10(2)14(18)19/h4-5,7,10-11H,3,6,8-9H2,1-2H3,(H,18,19). The number of likely N-dealkylation sites (tertiary alicyclic amines) is 1. The second-order valence-corrected chi connectivity index (χ2v) is 5.18. The third-order valence-corrected chi connectivity index (χ3v) is 3.81. The Balaban J connectivity index is 1.96. The maximum Gasteiger partial charge on any atom is 0.306 e. The highest BCUT2D eigenvalue weighted by atomic mass is 16.4. The third-order valence-electron chi connectivity index (χ3n) is 3.81. The van der Waals surface area contributed by atoms with E-state index in [9.17, 15) is 9.59 Å². The molecule has 0 radical (unpaired) electrons. The largest absolute Gasteiger partial charge is 0.481 e. The zero-order valence-corrected chi connectivity index (χ0v) is 11.4. The van der Waals surface area contributed by atoms with Gasteiger partial charge in [0.05, 0.1) is 5.92 Å². The number of aromatic nitrogens is 1. The van der Waals surface area contributed by atoms with Crippen LogP contribution in [-0.4, -0.2) is 39.5 Å². The van der Waals surface area contributed by atoms with Crippen molar-refractivity contribution >= 4 is 11.9 Å². The van der Waals surface area contributed by atoms with E-state index in [1.165, 1.54) is 0 Å². The van der Waals surface area contributed by atoms with Gasteiger partial charge >= 0.3 is 5.97 Å². The Morgan fingerprint density at radius 3 is 2.74 bits per heavy atom. The van der Waals surface area contributed by atoms with E-state index in [1.54, 1.807) is 11.8 Å². The molecule has 5 heteroatoms. The molecule has 19 heavy (non-hydrogen) atoms. The molecule has 1 amide bonds. The Morgan fingerprint density at radius 1 is 1.47 bits per heavy atom. The number of carbonyl (C=O) groups excluding carboxylic acids is 1. The lowest BCUT2D eigenvalue weighted by molar-refractivity contribution is -0.144. The van der Waals surface area contributed by atoms with Crippen LogP contribution in [0, 0.1) is 11.8 Å². The van der Waals surface area contributed by atoms with E-state index < -0.39 is 5.97 Å². The molecule has 2 rings (SSSR count). The van der Waals surface area contributed by atoms with Crippen molar-refractivity contribution in [3.63, 3.8) is 0 Å². The van der Waals surface area contributed by atoms with Gasteiger partial charge in [-0.3, -0.25) is 9.59 Å². The Hall–Kier alpha value is -1.78. The molecule has 104 valence electrons. The summed E-state index contributed by atoms with van der Waals surface area (Å²) in [5.74, 6) is -1.08. The predicted molar refractivity (Wildman–Crippen MR) is 70.9 cm³/mol. The van der Waals surface area contributed by atoms with Crippen molar-refractivity contribution in [2.75, 3.05) is 13.1 Å². The van der Waals surface area contributed by atoms with E-state index in [-0.39, 0.29) is 17.7 Å². The molecule has 1 aliphatic rings. The number of nitrogens with zero attached hydrogens (tertiary/aromatic N) is 2. The van der Waals surface area contributed by atoms with Crippen LogP contribution >= 0.6 is 0 Å². The normalized spacial score (nSPS) is 17.1. The molecule has 0 bridgehead atoms. The molecule has 2 heterocycles. The minimum atomic E-state index is -0.786. The molecule has 1 saturated heterocycles. The SMILES string of the molecule is CCCn1cccc1C(=O)N1CC(C(C)C(=O)O)C1. The molecule has 1 fully saturated rings. The molecule has 1 atom stereocenters. The van der Waals surface area contributed by atoms with E-state index in [0.717, 1.165) is 13.0 Å². The average molecular weight is 264 g/mol. The summed E-state index contributed by atoms with van der Waals surface area (Å²) in [5.41, 5.74) is 0.697. The first-order valence-electron chi connectivity index (χ1n) is 6.71. The summed E-state index contributed by atoms with van der Waals surface area (Å²) in [6, 6.07) is 3.70. The van der Waals surface area contributed by atoms with Gasteiger partial charge in [0.15, 0.2) is 0 Å². The van der Waals surface area contributed by atoms with Crippen LogP contribution in [0.2, 0.25) is 0 Å². The van der Waals surface area contributed by atoms with Crippen LogP contribution < -0.4 is 0 Å². The van der Waals surface area contributed by atoms with E-state index in [1.807, 2.05) is 22.9 Å². The lowest BCUT2D eigenvalue weighted by Gasteiger charge is -2.41. The number of aliphatic carboxylic acids is 1. The Bertz CT molecular complexity index is 475. The van der Waals surface area contributed by atoms with Crippen LogP contribution in [0.4, 0.5) is 0 Å². The number of hydrogen-bond donors (Lipinski definition) is 1. The first-order valence-corrected chi connectivity index (χ1v) is 6.71. The summed E-state index contributed by atoms with van der Waals surface area (Å²) in [6.45, 7) is 5.70. The van der Waals surface area contributed by atoms with Crippen LogP contribution in [-0.2, 0) is 11.3 Å². The number of carboxylic acids is 1. The lowest BCUT2D eigenvalue weighted by atomic mass is 9.87. The van der Waals surface area contributed by atoms with Crippen molar-refractivity contribution in [1.82, 2.24) is 9.47 Å². The summed E-state index contributed by atoms with van der Waals surface area (Å²) in [5, 5.41) is 8.93. The molecule has 1 aromatic heterocycles. The highest BCUT2D eigenvalue weighted by molar-refractivity contribution is 5.93. The van der Waals surface area contributed by atoms with Crippen LogP contribution in [0.3, 0.4) is 0 Å². The Kier molecular flexibility index (Phi) is 3.93. The van der Waals surface area contributed by atoms with Gasteiger partial charge in [-0.05, 0) is 18.6 Å². The van der Waals surface area contributed by atoms with Crippen molar-refractivity contribution in [3.8, 4) is 0 Å². The molecule has 0 spiro atoms. The average Bonchev–Trinajstić information content (AvgIpc) is 2.75. The molecule has 0 aromatic carbocycles. The van der Waals surface area contributed by atoms with Crippen LogP contribution in [0.25, 0.3) is 0 Å². The van der Waals surface area contributed by atoms with Crippen molar-refractivity contribution < 1.29 is 14.7 Å². The van der Waals surface area contributed by atoms with Crippen LogP contribution in [0.5, 0.6) is 0 Å². The van der Waals surface area contributed by atoms with Gasteiger partial charge < -0.3 is 14.6 Å². The fourth-order valence-corrected chi connectivity index (χ4v) is 2.40. The summed E-state index contributed by atoms with van der Waals surface area (Å²) in [6.07, 6.45) is 2.89. The number of amides is 1. The second kappa shape index (κ2) is 5.47. The first-order chi connectivity index (χ1) is 9.04. The van der Waals surface area contributed by atoms with Crippen molar-refractivity contribution in [1.29, 1.82) is 0 Å².